The van der Waals surface area contributed by atoms with Gasteiger partial charge in [0.15, 0.2) is 5.78 Å². The number of rotatable bonds is 4. The van der Waals surface area contributed by atoms with Crippen LogP contribution in [0.3, 0.4) is 0 Å². The second-order valence-corrected chi connectivity index (χ2v) is 4.32. The molecule has 0 radical (unpaired) electrons. The van der Waals surface area contributed by atoms with Crippen LogP contribution in [-0.2, 0) is 4.79 Å². The molecular weight excluding hydrogens is 309 g/mol. The molecule has 0 aliphatic carbocycles. The van der Waals surface area contributed by atoms with Crippen LogP contribution in [-0.4, -0.2) is 22.9 Å². The Morgan fingerprint density at radius 3 is 2.33 bits per heavy atom. The van der Waals surface area contributed by atoms with Crippen molar-refractivity contribution in [3.8, 4) is 0 Å². The molecule has 3 N–H and O–H groups in total. The van der Waals surface area contributed by atoms with Crippen molar-refractivity contribution in [2.24, 2.45) is 5.73 Å². The first kappa shape index (κ1) is 12.1. The van der Waals surface area contributed by atoms with Gasteiger partial charge in [0.2, 0.25) is 0 Å². The van der Waals surface area contributed by atoms with Crippen molar-refractivity contribution in [1.82, 2.24) is 0 Å². The Kier molecular flexibility index (Phi) is 4.22. The lowest BCUT2D eigenvalue weighted by atomic mass is 10.0. The maximum Gasteiger partial charge on any atom is 0.320 e. The summed E-state index contributed by atoms with van der Waals surface area (Å²) in [5.74, 6) is -1.41. The molecule has 0 heterocycles. The van der Waals surface area contributed by atoms with E-state index in [0.29, 0.717) is 5.56 Å². The molecule has 0 fully saturated rings. The first-order chi connectivity index (χ1) is 7.00. The van der Waals surface area contributed by atoms with E-state index in [-0.39, 0.29) is 12.2 Å². The zero-order valence-electron chi connectivity index (χ0n) is 7.81. The minimum absolute atomic E-state index is 0.171. The molecule has 0 bridgehead atoms. The number of carbonyl (C=O) groups is 2. The highest BCUT2D eigenvalue weighted by atomic mass is 127. The first-order valence-electron chi connectivity index (χ1n) is 4.28. The number of ketones is 1. The number of hydrogen-bond donors (Lipinski definition) is 2. The summed E-state index contributed by atoms with van der Waals surface area (Å²) in [6.45, 7) is 0. The number of hydrogen-bond acceptors (Lipinski definition) is 3. The van der Waals surface area contributed by atoms with Crippen LogP contribution in [0.1, 0.15) is 16.8 Å². The van der Waals surface area contributed by atoms with E-state index >= 15 is 0 Å². The van der Waals surface area contributed by atoms with Crippen LogP contribution < -0.4 is 5.73 Å². The van der Waals surface area contributed by atoms with Gasteiger partial charge in [0.25, 0.3) is 0 Å². The minimum Gasteiger partial charge on any atom is -0.480 e. The molecule has 0 saturated carbocycles. The van der Waals surface area contributed by atoms with Gasteiger partial charge in [-0.3, -0.25) is 9.59 Å². The van der Waals surface area contributed by atoms with Crippen molar-refractivity contribution in [1.29, 1.82) is 0 Å². The standard InChI is InChI=1S/C10H10INO3/c11-7-3-1-6(2-4-7)9(13)5-8(12)10(14)15/h1-4,8H,5,12H2,(H,14,15)/t8-/m0/s1. The van der Waals surface area contributed by atoms with Crippen molar-refractivity contribution in [3.63, 3.8) is 0 Å². The Balaban J connectivity index is 2.69. The number of Topliss-reactive ketones (excluding diaryl/α,β-unsaturated/α-hetero) is 1. The maximum absolute atomic E-state index is 11.5. The lowest BCUT2D eigenvalue weighted by Gasteiger charge is -2.05. The minimum atomic E-state index is -1.16. The molecule has 0 saturated heterocycles. The highest BCUT2D eigenvalue weighted by Crippen LogP contribution is 2.09. The Labute approximate surface area is 101 Å². The van der Waals surface area contributed by atoms with Gasteiger partial charge in [-0.25, -0.2) is 0 Å². The Hall–Kier alpha value is -0.950. The van der Waals surface area contributed by atoms with Crippen LogP contribution in [0, 0.1) is 3.57 Å². The lowest BCUT2D eigenvalue weighted by molar-refractivity contribution is -0.138. The molecule has 0 amide bonds. The van der Waals surface area contributed by atoms with Gasteiger partial charge >= 0.3 is 5.97 Å². The Bertz CT molecular complexity index is 375. The Morgan fingerprint density at radius 2 is 1.87 bits per heavy atom. The summed E-state index contributed by atoms with van der Waals surface area (Å²) in [6.07, 6.45) is -0.171. The molecular formula is C10H10INO3. The number of benzene rings is 1. The molecule has 15 heavy (non-hydrogen) atoms. The van der Waals surface area contributed by atoms with Gasteiger partial charge < -0.3 is 10.8 Å². The molecule has 0 unspecified atom stereocenters. The molecule has 1 aromatic rings. The number of aliphatic carboxylic acids is 1. The summed E-state index contributed by atoms with van der Waals surface area (Å²) in [5, 5.41) is 8.54. The van der Waals surface area contributed by atoms with Crippen LogP contribution in [0.25, 0.3) is 0 Å². The number of halogens is 1. The van der Waals surface area contributed by atoms with Crippen molar-refractivity contribution >= 4 is 34.3 Å². The van der Waals surface area contributed by atoms with Crippen LogP contribution >= 0.6 is 22.6 Å². The van der Waals surface area contributed by atoms with E-state index in [2.05, 4.69) is 22.6 Å². The fourth-order valence-electron chi connectivity index (χ4n) is 1.04. The predicted octanol–water partition coefficient (Wildman–Crippen LogP) is 1.28. The molecule has 0 spiro atoms. The number of nitrogens with two attached hydrogens (primary N) is 1. The highest BCUT2D eigenvalue weighted by molar-refractivity contribution is 14.1. The number of carbonyl (C=O) groups excluding carboxylic acids is 1. The summed E-state index contributed by atoms with van der Waals surface area (Å²) in [6, 6.07) is 5.79. The Morgan fingerprint density at radius 1 is 1.33 bits per heavy atom. The van der Waals surface area contributed by atoms with Gasteiger partial charge in [0.05, 0.1) is 0 Å². The molecule has 1 rings (SSSR count). The second kappa shape index (κ2) is 5.22. The van der Waals surface area contributed by atoms with E-state index in [4.69, 9.17) is 10.8 Å². The van der Waals surface area contributed by atoms with E-state index in [1.54, 1.807) is 24.3 Å². The summed E-state index contributed by atoms with van der Waals surface area (Å²) in [7, 11) is 0. The largest absolute Gasteiger partial charge is 0.480 e. The smallest absolute Gasteiger partial charge is 0.320 e. The van der Waals surface area contributed by atoms with Crippen molar-refractivity contribution < 1.29 is 14.7 Å². The van der Waals surface area contributed by atoms with Crippen molar-refractivity contribution in [2.45, 2.75) is 12.5 Å². The van der Waals surface area contributed by atoms with Gasteiger partial charge in [-0.2, -0.15) is 0 Å². The van der Waals surface area contributed by atoms with Gasteiger partial charge in [0.1, 0.15) is 6.04 Å². The highest BCUT2D eigenvalue weighted by Gasteiger charge is 2.17. The SMILES string of the molecule is N[C@@H](CC(=O)c1ccc(I)cc1)C(=O)O. The molecule has 4 nitrogen and oxygen atoms in total. The van der Waals surface area contributed by atoms with Crippen molar-refractivity contribution in [3.05, 3.63) is 33.4 Å². The van der Waals surface area contributed by atoms with E-state index in [9.17, 15) is 9.59 Å². The summed E-state index contributed by atoms with van der Waals surface area (Å²) >= 11 is 2.13. The number of carboxylic acid groups (broad SMARTS) is 1. The van der Waals surface area contributed by atoms with Crippen LogP contribution in [0.2, 0.25) is 0 Å². The molecule has 80 valence electrons. The van der Waals surface area contributed by atoms with E-state index in [0.717, 1.165) is 3.57 Å². The van der Waals surface area contributed by atoms with Crippen LogP contribution in [0.5, 0.6) is 0 Å². The molecule has 1 atom stereocenters. The zero-order chi connectivity index (χ0) is 11.4. The van der Waals surface area contributed by atoms with Crippen LogP contribution in [0.4, 0.5) is 0 Å². The van der Waals surface area contributed by atoms with E-state index in [1.807, 2.05) is 0 Å². The molecule has 0 aliphatic heterocycles. The topological polar surface area (TPSA) is 80.4 Å². The number of carboxylic acids is 1. The fourth-order valence-corrected chi connectivity index (χ4v) is 1.40. The third-order valence-electron chi connectivity index (χ3n) is 1.89. The van der Waals surface area contributed by atoms with Gasteiger partial charge in [-0.05, 0) is 34.7 Å². The maximum atomic E-state index is 11.5. The van der Waals surface area contributed by atoms with E-state index < -0.39 is 12.0 Å². The summed E-state index contributed by atoms with van der Waals surface area (Å²) in [4.78, 5) is 22.0. The van der Waals surface area contributed by atoms with Crippen molar-refractivity contribution in [2.75, 3.05) is 0 Å². The first-order valence-corrected chi connectivity index (χ1v) is 5.35. The summed E-state index contributed by atoms with van der Waals surface area (Å²) in [5.41, 5.74) is 5.76. The molecule has 5 heteroatoms. The van der Waals surface area contributed by atoms with Gasteiger partial charge in [-0.1, -0.05) is 12.1 Å². The second-order valence-electron chi connectivity index (χ2n) is 3.08. The zero-order valence-corrected chi connectivity index (χ0v) is 9.97. The third kappa shape index (κ3) is 3.60. The average Bonchev–Trinajstić information content (AvgIpc) is 2.18. The molecule has 0 aromatic heterocycles. The molecule has 1 aromatic carbocycles. The van der Waals surface area contributed by atoms with Crippen LogP contribution in [0.15, 0.2) is 24.3 Å². The monoisotopic (exact) mass is 319 g/mol. The van der Waals surface area contributed by atoms with Gasteiger partial charge in [-0.15, -0.1) is 0 Å². The summed E-state index contributed by atoms with van der Waals surface area (Å²) < 4.78 is 1.02. The predicted molar refractivity (Wildman–Crippen MR) is 63.7 cm³/mol. The third-order valence-corrected chi connectivity index (χ3v) is 2.61. The van der Waals surface area contributed by atoms with E-state index in [1.165, 1.54) is 0 Å². The average molecular weight is 319 g/mol. The fraction of sp³-hybridized carbons (Fsp3) is 0.200. The normalized spacial score (nSPS) is 12.1. The molecule has 0 aliphatic rings. The lowest BCUT2D eigenvalue weighted by Crippen LogP contribution is -2.32. The van der Waals surface area contributed by atoms with Gasteiger partial charge in [0, 0.05) is 15.6 Å². The quantitative estimate of drug-likeness (QED) is 0.647.